The van der Waals surface area contributed by atoms with Gasteiger partial charge in [0.2, 0.25) is 0 Å². The third-order valence-corrected chi connectivity index (χ3v) is 4.20. The summed E-state index contributed by atoms with van der Waals surface area (Å²) < 4.78 is 6.13. The van der Waals surface area contributed by atoms with Crippen molar-refractivity contribution in [3.05, 3.63) is 17.3 Å². The minimum atomic E-state index is -0.313. The van der Waals surface area contributed by atoms with E-state index in [-0.39, 0.29) is 12.1 Å². The Morgan fingerprint density at radius 3 is 3.00 bits per heavy atom. The van der Waals surface area contributed by atoms with Gasteiger partial charge in [-0.25, -0.2) is 14.8 Å². The minimum Gasteiger partial charge on any atom is -0.447 e. The van der Waals surface area contributed by atoms with Crippen LogP contribution in [0.3, 0.4) is 0 Å². The number of aryl methyl sites for hydroxylation is 1. The lowest BCUT2D eigenvalue weighted by atomic mass is 10.0. The summed E-state index contributed by atoms with van der Waals surface area (Å²) in [5.74, 6) is 1.67. The van der Waals surface area contributed by atoms with Gasteiger partial charge < -0.3 is 4.74 Å². The van der Waals surface area contributed by atoms with Crippen LogP contribution >= 0.6 is 11.3 Å². The maximum atomic E-state index is 12.0. The van der Waals surface area contributed by atoms with Gasteiger partial charge in [0, 0.05) is 0 Å². The fourth-order valence-electron chi connectivity index (χ4n) is 2.29. The molecule has 1 amide bonds. The van der Waals surface area contributed by atoms with E-state index < -0.39 is 0 Å². The molecule has 6 heteroatoms. The summed E-state index contributed by atoms with van der Waals surface area (Å²) in [5, 5.41) is 1.97. The van der Waals surface area contributed by atoms with Crippen molar-refractivity contribution in [2.24, 2.45) is 5.92 Å². The lowest BCUT2D eigenvalue weighted by molar-refractivity contribution is 0.177. The van der Waals surface area contributed by atoms with Crippen molar-refractivity contribution < 1.29 is 9.53 Å². The molecule has 0 unspecified atom stereocenters. The van der Waals surface area contributed by atoms with Crippen molar-refractivity contribution >= 4 is 33.5 Å². The summed E-state index contributed by atoms with van der Waals surface area (Å²) in [5.41, 5.74) is 0.884. The number of carbonyl (C=O) groups excluding carboxylic acids is 1. The molecular formula is C13H15N3O2S. The molecule has 3 heterocycles. The Kier molecular flexibility index (Phi) is 2.89. The maximum absolute atomic E-state index is 12.0. The number of nitrogens with zero attached hydrogens (tertiary/aromatic N) is 3. The Hall–Kier alpha value is -1.69. The first kappa shape index (κ1) is 12.3. The molecule has 0 N–H and O–H groups in total. The van der Waals surface area contributed by atoms with Crippen LogP contribution in [-0.2, 0) is 4.74 Å². The van der Waals surface area contributed by atoms with E-state index in [4.69, 9.17) is 4.74 Å². The van der Waals surface area contributed by atoms with Gasteiger partial charge in [-0.15, -0.1) is 11.3 Å². The van der Waals surface area contributed by atoms with Crippen LogP contribution in [0.2, 0.25) is 0 Å². The number of thiophene rings is 1. The van der Waals surface area contributed by atoms with Crippen molar-refractivity contribution in [2.75, 3.05) is 11.5 Å². The average molecular weight is 277 g/mol. The van der Waals surface area contributed by atoms with Crippen LogP contribution < -0.4 is 4.90 Å². The van der Waals surface area contributed by atoms with Crippen molar-refractivity contribution in [3.8, 4) is 0 Å². The molecule has 0 radical (unpaired) electrons. The molecule has 0 aliphatic carbocycles. The zero-order valence-corrected chi connectivity index (χ0v) is 11.9. The third-order valence-electron chi connectivity index (χ3n) is 3.30. The third kappa shape index (κ3) is 1.96. The van der Waals surface area contributed by atoms with E-state index in [0.717, 1.165) is 10.2 Å². The topological polar surface area (TPSA) is 55.3 Å². The van der Waals surface area contributed by atoms with Crippen LogP contribution in [0.5, 0.6) is 0 Å². The fourth-order valence-corrected chi connectivity index (χ4v) is 3.11. The lowest BCUT2D eigenvalue weighted by Gasteiger charge is -2.23. The predicted molar refractivity (Wildman–Crippen MR) is 74.6 cm³/mol. The molecule has 0 saturated carbocycles. The van der Waals surface area contributed by atoms with Crippen LogP contribution in [0, 0.1) is 12.8 Å². The number of ether oxygens (including phenoxy) is 1. The molecule has 19 heavy (non-hydrogen) atoms. The van der Waals surface area contributed by atoms with E-state index in [2.05, 4.69) is 23.8 Å². The van der Waals surface area contributed by atoms with Gasteiger partial charge >= 0.3 is 6.09 Å². The molecule has 1 atom stereocenters. The molecule has 100 valence electrons. The number of amides is 1. The van der Waals surface area contributed by atoms with Crippen molar-refractivity contribution in [2.45, 2.75) is 26.8 Å². The van der Waals surface area contributed by atoms with Gasteiger partial charge in [-0.1, -0.05) is 13.8 Å². The SMILES string of the molecule is Cc1nc(N2C(=O)OC[C@@H]2C(C)C)c2sccc2n1. The first-order valence-corrected chi connectivity index (χ1v) is 7.13. The molecule has 0 spiro atoms. The van der Waals surface area contributed by atoms with Gasteiger partial charge in [-0.05, 0) is 24.3 Å². The Bertz CT molecular complexity index is 638. The Morgan fingerprint density at radius 2 is 2.26 bits per heavy atom. The van der Waals surface area contributed by atoms with Gasteiger partial charge in [-0.2, -0.15) is 0 Å². The summed E-state index contributed by atoms with van der Waals surface area (Å²) in [7, 11) is 0. The van der Waals surface area contributed by atoms with Crippen molar-refractivity contribution in [1.29, 1.82) is 0 Å². The standard InChI is InChI=1S/C13H15N3O2S/c1-7(2)10-6-18-13(17)16(10)12-11-9(4-5-19-11)14-8(3)15-12/h4-5,7,10H,6H2,1-3H3/t10-/m1/s1. The summed E-state index contributed by atoms with van der Waals surface area (Å²) in [6, 6.07) is 1.98. The molecule has 1 aliphatic rings. The van der Waals surface area contributed by atoms with E-state index in [1.54, 1.807) is 16.2 Å². The molecular weight excluding hydrogens is 262 g/mol. The molecule has 3 rings (SSSR count). The smallest absolute Gasteiger partial charge is 0.415 e. The van der Waals surface area contributed by atoms with Gasteiger partial charge in [0.1, 0.15) is 12.4 Å². The number of hydrogen-bond acceptors (Lipinski definition) is 5. The molecule has 0 bridgehead atoms. The number of rotatable bonds is 2. The van der Waals surface area contributed by atoms with E-state index in [1.807, 2.05) is 18.4 Å². The fraction of sp³-hybridized carbons (Fsp3) is 0.462. The average Bonchev–Trinajstić information content (AvgIpc) is 2.94. The van der Waals surface area contributed by atoms with E-state index in [1.165, 1.54) is 0 Å². The number of fused-ring (bicyclic) bond motifs is 1. The molecule has 2 aromatic rings. The molecule has 1 saturated heterocycles. The van der Waals surface area contributed by atoms with Crippen molar-refractivity contribution in [3.63, 3.8) is 0 Å². The highest BCUT2D eigenvalue weighted by molar-refractivity contribution is 7.17. The Morgan fingerprint density at radius 1 is 1.47 bits per heavy atom. The largest absolute Gasteiger partial charge is 0.447 e. The summed E-state index contributed by atoms with van der Waals surface area (Å²) in [4.78, 5) is 22.5. The number of carbonyl (C=O) groups is 1. The zero-order chi connectivity index (χ0) is 13.6. The highest BCUT2D eigenvalue weighted by Crippen LogP contribution is 2.33. The summed E-state index contributed by atoms with van der Waals surface area (Å²) in [6.45, 7) is 6.43. The normalized spacial score (nSPS) is 19.5. The second kappa shape index (κ2) is 4.45. The molecule has 5 nitrogen and oxygen atoms in total. The van der Waals surface area contributed by atoms with Crippen LogP contribution in [0.4, 0.5) is 10.6 Å². The summed E-state index contributed by atoms with van der Waals surface area (Å²) in [6.07, 6.45) is -0.313. The van der Waals surface area contributed by atoms with Crippen molar-refractivity contribution in [1.82, 2.24) is 9.97 Å². The first-order valence-electron chi connectivity index (χ1n) is 6.25. The predicted octanol–water partition coefficient (Wildman–Crippen LogP) is 2.98. The number of aromatic nitrogens is 2. The van der Waals surface area contributed by atoms with Gasteiger partial charge in [0.25, 0.3) is 0 Å². The zero-order valence-electron chi connectivity index (χ0n) is 11.1. The monoisotopic (exact) mass is 277 g/mol. The molecule has 1 fully saturated rings. The Labute approximate surface area is 115 Å². The molecule has 1 aliphatic heterocycles. The van der Waals surface area contributed by atoms with E-state index in [0.29, 0.717) is 24.2 Å². The van der Waals surface area contributed by atoms with Crippen LogP contribution in [0.15, 0.2) is 11.4 Å². The Balaban J connectivity index is 2.17. The van der Waals surface area contributed by atoms with Crippen LogP contribution in [0.1, 0.15) is 19.7 Å². The molecule has 2 aromatic heterocycles. The second-order valence-electron chi connectivity index (χ2n) is 4.99. The highest BCUT2D eigenvalue weighted by atomic mass is 32.1. The maximum Gasteiger partial charge on any atom is 0.415 e. The lowest BCUT2D eigenvalue weighted by Crippen LogP contribution is -2.38. The minimum absolute atomic E-state index is 0.0344. The van der Waals surface area contributed by atoms with E-state index in [9.17, 15) is 4.79 Å². The van der Waals surface area contributed by atoms with Gasteiger partial charge in [0.15, 0.2) is 5.82 Å². The van der Waals surface area contributed by atoms with E-state index >= 15 is 0 Å². The second-order valence-corrected chi connectivity index (χ2v) is 5.90. The summed E-state index contributed by atoms with van der Waals surface area (Å²) >= 11 is 1.55. The quantitative estimate of drug-likeness (QED) is 0.846. The van der Waals surface area contributed by atoms with Crippen LogP contribution in [0.25, 0.3) is 10.2 Å². The number of anilines is 1. The van der Waals surface area contributed by atoms with Gasteiger partial charge in [-0.3, -0.25) is 4.90 Å². The number of cyclic esters (lactones) is 1. The first-order chi connectivity index (χ1) is 9.08. The number of hydrogen-bond donors (Lipinski definition) is 0. The van der Waals surface area contributed by atoms with Gasteiger partial charge in [0.05, 0.1) is 16.3 Å². The molecule has 0 aromatic carbocycles. The highest BCUT2D eigenvalue weighted by Gasteiger charge is 2.38. The van der Waals surface area contributed by atoms with Crippen LogP contribution in [-0.4, -0.2) is 28.7 Å².